The molecule has 116 valence electrons. The summed E-state index contributed by atoms with van der Waals surface area (Å²) in [5, 5.41) is 12.1. The maximum atomic E-state index is 6.25. The van der Waals surface area contributed by atoms with E-state index in [1.54, 1.807) is 10.9 Å². The molecule has 3 rings (SSSR count). The average molecular weight is 343 g/mol. The summed E-state index contributed by atoms with van der Waals surface area (Å²) in [5.41, 5.74) is 4.18. The van der Waals surface area contributed by atoms with E-state index in [4.69, 9.17) is 23.8 Å². The van der Waals surface area contributed by atoms with Crippen LogP contribution in [0, 0.1) is 18.6 Å². The smallest absolute Gasteiger partial charge is 0.216 e. The lowest BCUT2D eigenvalue weighted by Crippen LogP contribution is -1.96. The van der Waals surface area contributed by atoms with Crippen molar-refractivity contribution in [1.82, 2.24) is 14.9 Å². The van der Waals surface area contributed by atoms with Gasteiger partial charge in [-0.1, -0.05) is 47.5 Å². The molecule has 0 saturated carbocycles. The first kappa shape index (κ1) is 15.6. The summed E-state index contributed by atoms with van der Waals surface area (Å²) in [6, 6.07) is 13.7. The molecule has 23 heavy (non-hydrogen) atoms. The summed E-state index contributed by atoms with van der Waals surface area (Å²) in [6.07, 6.45) is 1.78. The minimum absolute atomic E-state index is 0.418. The molecule has 0 spiro atoms. The van der Waals surface area contributed by atoms with E-state index in [-0.39, 0.29) is 0 Å². The molecule has 4 nitrogen and oxygen atoms in total. The van der Waals surface area contributed by atoms with Gasteiger partial charge < -0.3 is 0 Å². The van der Waals surface area contributed by atoms with E-state index in [0.717, 1.165) is 16.7 Å². The monoisotopic (exact) mass is 342 g/mol. The van der Waals surface area contributed by atoms with E-state index in [9.17, 15) is 0 Å². The summed E-state index contributed by atoms with van der Waals surface area (Å²) < 4.78 is 2.00. The normalized spacial score (nSPS) is 11.3. The summed E-state index contributed by atoms with van der Waals surface area (Å²) in [6.45, 7) is 4.12. The Morgan fingerprint density at radius 3 is 2.74 bits per heavy atom. The van der Waals surface area contributed by atoms with Crippen LogP contribution in [0.25, 0.3) is 11.4 Å². The van der Waals surface area contributed by atoms with Gasteiger partial charge in [0.2, 0.25) is 4.77 Å². The van der Waals surface area contributed by atoms with Crippen molar-refractivity contribution >= 4 is 30.0 Å². The van der Waals surface area contributed by atoms with Crippen LogP contribution < -0.4 is 0 Å². The van der Waals surface area contributed by atoms with Gasteiger partial charge in [0.05, 0.1) is 11.2 Å². The molecule has 0 aliphatic heterocycles. The minimum Gasteiger partial charge on any atom is -0.250 e. The lowest BCUT2D eigenvalue weighted by atomic mass is 10.1. The van der Waals surface area contributed by atoms with Crippen molar-refractivity contribution < 1.29 is 0 Å². The minimum atomic E-state index is 0.418. The Hall–Kier alpha value is -2.24. The van der Waals surface area contributed by atoms with Crippen LogP contribution in [0.15, 0.2) is 47.6 Å². The molecule has 0 atom stereocenters. The van der Waals surface area contributed by atoms with Crippen LogP contribution >= 0.6 is 23.8 Å². The molecule has 0 radical (unpaired) electrons. The fourth-order valence-electron chi connectivity index (χ4n) is 2.31. The molecular formula is C17H15ClN4S. The van der Waals surface area contributed by atoms with Crippen molar-refractivity contribution in [2.75, 3.05) is 0 Å². The molecule has 0 aliphatic carbocycles. The zero-order valence-electron chi connectivity index (χ0n) is 12.7. The standard InChI is InChI=1S/C17H15ClN4S/c1-11-7-8-13(12(2)9-11)10-19-22-16(20-21-17(22)23)14-5-3-4-6-15(14)18/h3-10H,1-2H3,(H,21,23)/b19-10-. The first-order valence-corrected chi connectivity index (χ1v) is 7.89. The lowest BCUT2D eigenvalue weighted by Gasteiger charge is -2.04. The molecule has 0 saturated heterocycles. The third-order valence-electron chi connectivity index (χ3n) is 3.50. The second-order valence-corrected chi connectivity index (χ2v) is 6.04. The molecule has 3 aromatic rings. The fourth-order valence-corrected chi connectivity index (χ4v) is 2.71. The Kier molecular flexibility index (Phi) is 4.41. The van der Waals surface area contributed by atoms with E-state index >= 15 is 0 Å². The van der Waals surface area contributed by atoms with Gasteiger partial charge in [-0.15, -0.1) is 0 Å². The van der Waals surface area contributed by atoms with E-state index in [1.807, 2.05) is 30.3 Å². The summed E-state index contributed by atoms with van der Waals surface area (Å²) in [4.78, 5) is 0. The molecule has 1 aromatic heterocycles. The van der Waals surface area contributed by atoms with Gasteiger partial charge in [-0.3, -0.25) is 0 Å². The van der Waals surface area contributed by atoms with Crippen molar-refractivity contribution in [2.45, 2.75) is 13.8 Å². The van der Waals surface area contributed by atoms with Crippen LogP contribution in [-0.4, -0.2) is 21.1 Å². The second-order valence-electron chi connectivity index (χ2n) is 5.25. The zero-order valence-corrected chi connectivity index (χ0v) is 14.3. The van der Waals surface area contributed by atoms with Crippen molar-refractivity contribution in [1.29, 1.82) is 0 Å². The Balaban J connectivity index is 2.04. The van der Waals surface area contributed by atoms with Gasteiger partial charge >= 0.3 is 0 Å². The number of H-pyrrole nitrogens is 1. The van der Waals surface area contributed by atoms with E-state index < -0.39 is 0 Å². The number of aryl methyl sites for hydroxylation is 2. The topological polar surface area (TPSA) is 46.0 Å². The molecule has 0 amide bonds. The van der Waals surface area contributed by atoms with Crippen LogP contribution in [0.1, 0.15) is 16.7 Å². The number of aromatic amines is 1. The highest BCUT2D eigenvalue weighted by Gasteiger charge is 2.11. The first-order valence-electron chi connectivity index (χ1n) is 7.10. The number of nitrogens with zero attached hydrogens (tertiary/aromatic N) is 3. The van der Waals surface area contributed by atoms with Crippen molar-refractivity contribution in [3.63, 3.8) is 0 Å². The third kappa shape index (κ3) is 3.25. The third-order valence-corrected chi connectivity index (χ3v) is 4.10. The van der Waals surface area contributed by atoms with E-state index in [1.165, 1.54) is 5.56 Å². The van der Waals surface area contributed by atoms with Gasteiger partial charge in [0.1, 0.15) is 0 Å². The SMILES string of the molecule is Cc1ccc(/C=N\n2c(-c3ccccc3Cl)n[nH]c2=S)c(C)c1. The van der Waals surface area contributed by atoms with Gasteiger partial charge in [-0.25, -0.2) is 5.10 Å². The zero-order chi connectivity index (χ0) is 16.4. The van der Waals surface area contributed by atoms with Gasteiger partial charge in [0, 0.05) is 5.56 Å². The average Bonchev–Trinajstić information content (AvgIpc) is 2.88. The molecule has 0 bridgehead atoms. The number of nitrogens with one attached hydrogen (secondary N) is 1. The molecule has 1 heterocycles. The van der Waals surface area contributed by atoms with Gasteiger partial charge in [-0.2, -0.15) is 14.9 Å². The number of aromatic nitrogens is 3. The van der Waals surface area contributed by atoms with E-state index in [2.05, 4.69) is 41.3 Å². The maximum Gasteiger partial charge on any atom is 0.216 e. The molecule has 1 N–H and O–H groups in total. The van der Waals surface area contributed by atoms with Crippen LogP contribution in [-0.2, 0) is 0 Å². The number of halogens is 1. The second kappa shape index (κ2) is 6.48. The van der Waals surface area contributed by atoms with Gasteiger partial charge in [0.25, 0.3) is 0 Å². The highest BCUT2D eigenvalue weighted by molar-refractivity contribution is 7.71. The number of benzene rings is 2. The van der Waals surface area contributed by atoms with Gasteiger partial charge in [0.15, 0.2) is 5.82 Å². The quantitative estimate of drug-likeness (QED) is 0.551. The van der Waals surface area contributed by atoms with E-state index in [0.29, 0.717) is 15.6 Å². The van der Waals surface area contributed by atoms with Crippen LogP contribution in [0.5, 0.6) is 0 Å². The fraction of sp³-hybridized carbons (Fsp3) is 0.118. The van der Waals surface area contributed by atoms with Gasteiger partial charge in [-0.05, 0) is 49.3 Å². The number of hydrogen-bond acceptors (Lipinski definition) is 3. The summed E-state index contributed by atoms with van der Waals surface area (Å²) in [7, 11) is 0. The molecular weight excluding hydrogens is 328 g/mol. The van der Waals surface area contributed by atoms with Crippen LogP contribution in [0.2, 0.25) is 5.02 Å². The highest BCUT2D eigenvalue weighted by Crippen LogP contribution is 2.25. The Labute approximate surface area is 144 Å². The predicted octanol–water partition coefficient (Wildman–Crippen LogP) is 4.76. The molecule has 0 fully saturated rings. The molecule has 0 aliphatic rings. The first-order chi connectivity index (χ1) is 11.1. The lowest BCUT2D eigenvalue weighted by molar-refractivity contribution is 0.871. The highest BCUT2D eigenvalue weighted by atomic mass is 35.5. The number of rotatable bonds is 3. The van der Waals surface area contributed by atoms with Crippen molar-refractivity contribution in [3.05, 3.63) is 68.9 Å². The largest absolute Gasteiger partial charge is 0.250 e. The number of hydrogen-bond donors (Lipinski definition) is 1. The van der Waals surface area contributed by atoms with Crippen molar-refractivity contribution in [2.24, 2.45) is 5.10 Å². The maximum absolute atomic E-state index is 6.25. The predicted molar refractivity (Wildman–Crippen MR) is 96.8 cm³/mol. The van der Waals surface area contributed by atoms with Crippen LogP contribution in [0.4, 0.5) is 0 Å². The molecule has 0 unspecified atom stereocenters. The summed E-state index contributed by atoms with van der Waals surface area (Å²) >= 11 is 11.5. The van der Waals surface area contributed by atoms with Crippen molar-refractivity contribution in [3.8, 4) is 11.4 Å². The van der Waals surface area contributed by atoms with Crippen LogP contribution in [0.3, 0.4) is 0 Å². The summed E-state index contributed by atoms with van der Waals surface area (Å²) in [5.74, 6) is 0.585. The Morgan fingerprint density at radius 2 is 2.00 bits per heavy atom. The molecule has 6 heteroatoms. The Morgan fingerprint density at radius 1 is 1.22 bits per heavy atom. The molecule has 2 aromatic carbocycles. The Bertz CT molecular complexity index is 940.